The van der Waals surface area contributed by atoms with Gasteiger partial charge in [0, 0.05) is 24.0 Å². The van der Waals surface area contributed by atoms with Gasteiger partial charge in [-0.3, -0.25) is 4.90 Å². The lowest BCUT2D eigenvalue weighted by Gasteiger charge is -2.35. The second-order valence-corrected chi connectivity index (χ2v) is 9.73. The molecule has 9 heteroatoms. The van der Waals surface area contributed by atoms with Gasteiger partial charge in [0.1, 0.15) is 17.9 Å². The van der Waals surface area contributed by atoms with Crippen LogP contribution < -0.4 is 19.9 Å². The topological polar surface area (TPSA) is 92.7 Å². The van der Waals surface area contributed by atoms with Crippen LogP contribution in [0.15, 0.2) is 42.7 Å². The molecule has 0 aliphatic carbocycles. The Bertz CT molecular complexity index is 1240. The molecule has 0 unspecified atom stereocenters. The van der Waals surface area contributed by atoms with E-state index in [2.05, 4.69) is 20.2 Å². The number of fused-ring (bicyclic) bond motifs is 2. The van der Waals surface area contributed by atoms with Gasteiger partial charge >= 0.3 is 6.09 Å². The van der Waals surface area contributed by atoms with Gasteiger partial charge < -0.3 is 19.7 Å². The molecule has 0 saturated carbocycles. The SMILES string of the molecule is Cc1c(N2CCc3cnc(Nc4ccccc4)nc3C2)cnc2c1N(C(=O)OC(C)(C)C)CCO2. The zero-order valence-electron chi connectivity index (χ0n) is 20.5. The molecule has 0 atom stereocenters. The number of ether oxygens (including phenoxy) is 2. The van der Waals surface area contributed by atoms with Crippen molar-refractivity contribution in [3.05, 3.63) is 59.5 Å². The van der Waals surface area contributed by atoms with Crippen LogP contribution in [0.2, 0.25) is 0 Å². The minimum atomic E-state index is -0.587. The van der Waals surface area contributed by atoms with E-state index in [0.29, 0.717) is 37.2 Å². The predicted octanol–water partition coefficient (Wildman–Crippen LogP) is 4.62. The maximum Gasteiger partial charge on any atom is 0.415 e. The molecule has 5 rings (SSSR count). The van der Waals surface area contributed by atoms with Gasteiger partial charge in [-0.2, -0.15) is 0 Å². The molecule has 35 heavy (non-hydrogen) atoms. The number of carbonyl (C=O) groups excluding carboxylic acids is 1. The lowest BCUT2D eigenvalue weighted by Crippen LogP contribution is -2.42. The summed E-state index contributed by atoms with van der Waals surface area (Å²) < 4.78 is 11.4. The van der Waals surface area contributed by atoms with Gasteiger partial charge in [0.15, 0.2) is 0 Å². The van der Waals surface area contributed by atoms with Crippen LogP contribution in [0.3, 0.4) is 0 Å². The predicted molar refractivity (Wildman–Crippen MR) is 135 cm³/mol. The van der Waals surface area contributed by atoms with E-state index in [0.717, 1.165) is 41.2 Å². The van der Waals surface area contributed by atoms with Gasteiger partial charge in [-0.1, -0.05) is 18.2 Å². The number of aromatic nitrogens is 3. The number of nitrogens with zero attached hydrogens (tertiary/aromatic N) is 5. The summed E-state index contributed by atoms with van der Waals surface area (Å²) in [4.78, 5) is 30.7. The number of hydrogen-bond donors (Lipinski definition) is 1. The highest BCUT2D eigenvalue weighted by atomic mass is 16.6. The normalized spacial score (nSPS) is 15.1. The van der Waals surface area contributed by atoms with Crippen LogP contribution in [-0.4, -0.2) is 46.3 Å². The van der Waals surface area contributed by atoms with Gasteiger partial charge in [-0.15, -0.1) is 0 Å². The third kappa shape index (κ3) is 4.84. The highest BCUT2D eigenvalue weighted by Gasteiger charge is 2.32. The number of amides is 1. The molecule has 1 aromatic carbocycles. The highest BCUT2D eigenvalue weighted by molar-refractivity contribution is 5.92. The summed E-state index contributed by atoms with van der Waals surface area (Å²) >= 11 is 0. The molecule has 0 radical (unpaired) electrons. The summed E-state index contributed by atoms with van der Waals surface area (Å²) in [5.74, 6) is 1.03. The molecule has 3 aromatic rings. The van der Waals surface area contributed by atoms with Crippen LogP contribution in [0.5, 0.6) is 5.88 Å². The maximum atomic E-state index is 13.0. The number of carbonyl (C=O) groups is 1. The summed E-state index contributed by atoms with van der Waals surface area (Å²) in [6.07, 6.45) is 4.16. The van der Waals surface area contributed by atoms with E-state index < -0.39 is 11.7 Å². The van der Waals surface area contributed by atoms with Crippen LogP contribution in [0.1, 0.15) is 37.6 Å². The molecule has 2 aliphatic heterocycles. The molecule has 1 N–H and O–H groups in total. The Labute approximate surface area is 205 Å². The Balaban J connectivity index is 1.41. The lowest BCUT2D eigenvalue weighted by atomic mass is 10.0. The number of para-hydroxylation sites is 1. The van der Waals surface area contributed by atoms with Crippen molar-refractivity contribution in [1.82, 2.24) is 15.0 Å². The molecule has 1 amide bonds. The number of anilines is 4. The first-order chi connectivity index (χ1) is 16.8. The zero-order valence-corrected chi connectivity index (χ0v) is 20.5. The molecule has 2 aromatic heterocycles. The second kappa shape index (κ2) is 9.05. The van der Waals surface area contributed by atoms with Crippen molar-refractivity contribution in [2.24, 2.45) is 0 Å². The Morgan fingerprint density at radius 2 is 1.91 bits per heavy atom. The van der Waals surface area contributed by atoms with Crippen LogP contribution >= 0.6 is 0 Å². The van der Waals surface area contributed by atoms with Gasteiger partial charge in [0.25, 0.3) is 0 Å². The molecule has 0 spiro atoms. The van der Waals surface area contributed by atoms with Crippen molar-refractivity contribution in [1.29, 1.82) is 0 Å². The smallest absolute Gasteiger partial charge is 0.415 e. The molecular weight excluding hydrogens is 444 g/mol. The summed E-state index contributed by atoms with van der Waals surface area (Å²) in [5.41, 5.74) is 5.02. The number of benzene rings is 1. The third-order valence-electron chi connectivity index (χ3n) is 6.00. The van der Waals surface area contributed by atoms with E-state index in [4.69, 9.17) is 14.5 Å². The minimum absolute atomic E-state index is 0.378. The first-order valence-corrected chi connectivity index (χ1v) is 11.8. The Morgan fingerprint density at radius 1 is 1.11 bits per heavy atom. The quantitative estimate of drug-likeness (QED) is 0.588. The summed E-state index contributed by atoms with van der Waals surface area (Å²) in [6, 6.07) is 9.88. The van der Waals surface area contributed by atoms with Gasteiger partial charge in [-0.05, 0) is 51.8 Å². The zero-order chi connectivity index (χ0) is 24.6. The van der Waals surface area contributed by atoms with Crippen molar-refractivity contribution < 1.29 is 14.3 Å². The van der Waals surface area contributed by atoms with Crippen LogP contribution in [0, 0.1) is 6.92 Å². The van der Waals surface area contributed by atoms with E-state index in [9.17, 15) is 4.79 Å². The molecular formula is C26H30N6O3. The van der Waals surface area contributed by atoms with Crippen molar-refractivity contribution in [3.8, 4) is 5.88 Å². The van der Waals surface area contributed by atoms with Crippen molar-refractivity contribution in [2.45, 2.75) is 46.3 Å². The van der Waals surface area contributed by atoms with E-state index >= 15 is 0 Å². The molecule has 0 bridgehead atoms. The number of hydrogen-bond acceptors (Lipinski definition) is 8. The van der Waals surface area contributed by atoms with Gasteiger partial charge in [-0.25, -0.2) is 19.7 Å². The molecule has 9 nitrogen and oxygen atoms in total. The van der Waals surface area contributed by atoms with Gasteiger partial charge in [0.05, 0.1) is 30.7 Å². The number of pyridine rings is 1. The van der Waals surface area contributed by atoms with E-state index in [1.165, 1.54) is 0 Å². The Hall–Kier alpha value is -3.88. The molecule has 4 heterocycles. The van der Waals surface area contributed by atoms with E-state index in [-0.39, 0.29) is 0 Å². The summed E-state index contributed by atoms with van der Waals surface area (Å²) in [5, 5.41) is 3.27. The number of rotatable bonds is 3. The van der Waals surface area contributed by atoms with Crippen molar-refractivity contribution in [2.75, 3.05) is 34.8 Å². The monoisotopic (exact) mass is 474 g/mol. The fourth-order valence-electron chi connectivity index (χ4n) is 4.37. The van der Waals surface area contributed by atoms with Crippen LogP contribution in [0.4, 0.5) is 27.8 Å². The van der Waals surface area contributed by atoms with Gasteiger partial charge in [0.2, 0.25) is 11.8 Å². The first-order valence-electron chi connectivity index (χ1n) is 11.8. The largest absolute Gasteiger partial charge is 0.474 e. The average molecular weight is 475 g/mol. The maximum absolute atomic E-state index is 13.0. The average Bonchev–Trinajstić information content (AvgIpc) is 2.83. The van der Waals surface area contributed by atoms with E-state index in [1.54, 1.807) is 4.90 Å². The summed E-state index contributed by atoms with van der Waals surface area (Å²) in [6.45, 7) is 9.80. The summed E-state index contributed by atoms with van der Waals surface area (Å²) in [7, 11) is 0. The van der Waals surface area contributed by atoms with Crippen LogP contribution in [0.25, 0.3) is 0 Å². The standard InChI is InChI=1S/C26H30N6O3/c1-17-21(15-27-23-22(17)32(12-13-34-23)25(33)35-26(2,3)4)31-11-10-18-14-28-24(30-20(18)16-31)29-19-8-6-5-7-9-19/h5-9,14-15H,10-13,16H2,1-4H3,(H,28,29,30). The molecule has 2 aliphatic rings. The van der Waals surface area contributed by atoms with Crippen molar-refractivity contribution >= 4 is 29.1 Å². The third-order valence-corrected chi connectivity index (χ3v) is 6.00. The molecule has 0 fully saturated rings. The number of nitrogens with one attached hydrogen (secondary N) is 1. The minimum Gasteiger partial charge on any atom is -0.474 e. The second-order valence-electron chi connectivity index (χ2n) is 9.73. The Kier molecular flexibility index (Phi) is 5.92. The van der Waals surface area contributed by atoms with Crippen LogP contribution in [-0.2, 0) is 17.7 Å². The fourth-order valence-corrected chi connectivity index (χ4v) is 4.37. The molecule has 0 saturated heterocycles. The van der Waals surface area contributed by atoms with Crippen molar-refractivity contribution in [3.63, 3.8) is 0 Å². The van der Waals surface area contributed by atoms with E-state index in [1.807, 2.05) is 70.4 Å². The first kappa shape index (κ1) is 22.9. The highest BCUT2D eigenvalue weighted by Crippen LogP contribution is 2.39. The molecule has 182 valence electrons. The Morgan fingerprint density at radius 3 is 2.69 bits per heavy atom. The lowest BCUT2D eigenvalue weighted by molar-refractivity contribution is 0.0566. The fraction of sp³-hybridized carbons (Fsp3) is 0.385.